The molecule has 30 heavy (non-hydrogen) atoms. The van der Waals surface area contributed by atoms with Gasteiger partial charge in [-0.25, -0.2) is 0 Å². The molecule has 7 nitrogen and oxygen atoms in total. The molecule has 3 rings (SSSR count). The molecule has 0 atom stereocenters. The molecule has 2 amide bonds. The minimum Gasteiger partial charge on any atom is -0.496 e. The Morgan fingerprint density at radius 1 is 1.23 bits per heavy atom. The van der Waals surface area contributed by atoms with E-state index in [1.165, 1.54) is 0 Å². The number of methoxy groups -OCH3 is 1. The SMILES string of the molecule is COc1ccccc1CC(=O)N1CCC(NC(=O)/C=C/c2c(C)nn(C)c2C)CC1. The molecule has 1 aliphatic rings. The van der Waals surface area contributed by atoms with Crippen molar-refractivity contribution in [3.05, 3.63) is 52.9 Å². The quantitative estimate of drug-likeness (QED) is 0.742. The van der Waals surface area contributed by atoms with Crippen LogP contribution in [0.25, 0.3) is 6.08 Å². The summed E-state index contributed by atoms with van der Waals surface area (Å²) in [7, 11) is 3.51. The Kier molecular flexibility index (Phi) is 6.92. The van der Waals surface area contributed by atoms with Crippen LogP contribution < -0.4 is 10.1 Å². The molecule has 160 valence electrons. The van der Waals surface area contributed by atoms with E-state index in [4.69, 9.17) is 4.74 Å². The third-order valence-electron chi connectivity index (χ3n) is 5.69. The standard InChI is InChI=1S/C23H30N4O3/c1-16-20(17(2)26(3)25-16)9-10-22(28)24-19-11-13-27(14-12-19)23(29)15-18-7-5-6-8-21(18)30-4/h5-10,19H,11-15H2,1-4H3,(H,24,28)/b10-9+. The molecule has 0 spiro atoms. The van der Waals surface area contributed by atoms with Crippen LogP contribution in [-0.2, 0) is 23.1 Å². The molecule has 0 unspecified atom stereocenters. The Balaban J connectivity index is 1.48. The van der Waals surface area contributed by atoms with Gasteiger partial charge in [-0.3, -0.25) is 14.3 Å². The van der Waals surface area contributed by atoms with Gasteiger partial charge in [0.05, 0.1) is 19.2 Å². The second kappa shape index (κ2) is 9.61. The lowest BCUT2D eigenvalue weighted by molar-refractivity contribution is -0.131. The van der Waals surface area contributed by atoms with Crippen molar-refractivity contribution in [2.75, 3.05) is 20.2 Å². The number of carbonyl (C=O) groups excluding carboxylic acids is 2. The first-order valence-corrected chi connectivity index (χ1v) is 10.3. The summed E-state index contributed by atoms with van der Waals surface area (Å²) in [4.78, 5) is 26.8. The van der Waals surface area contributed by atoms with Crippen molar-refractivity contribution in [1.29, 1.82) is 0 Å². The minimum absolute atomic E-state index is 0.0774. The first kappa shape index (κ1) is 21.6. The molecule has 0 radical (unpaired) electrons. The highest BCUT2D eigenvalue weighted by molar-refractivity contribution is 5.92. The normalized spacial score (nSPS) is 14.9. The Bertz CT molecular complexity index is 940. The lowest BCUT2D eigenvalue weighted by Gasteiger charge is -2.32. The van der Waals surface area contributed by atoms with E-state index >= 15 is 0 Å². The zero-order valence-electron chi connectivity index (χ0n) is 18.1. The van der Waals surface area contributed by atoms with E-state index in [9.17, 15) is 9.59 Å². The number of benzene rings is 1. The summed E-state index contributed by atoms with van der Waals surface area (Å²) in [6.07, 6.45) is 5.22. The fraction of sp³-hybridized carbons (Fsp3) is 0.435. The molecular formula is C23H30N4O3. The average Bonchev–Trinajstić information content (AvgIpc) is 2.98. The average molecular weight is 411 g/mol. The molecule has 1 aliphatic heterocycles. The predicted octanol–water partition coefficient (Wildman–Crippen LogP) is 2.41. The van der Waals surface area contributed by atoms with E-state index < -0.39 is 0 Å². The van der Waals surface area contributed by atoms with Crippen molar-refractivity contribution in [3.63, 3.8) is 0 Å². The predicted molar refractivity (Wildman–Crippen MR) is 116 cm³/mol. The van der Waals surface area contributed by atoms with E-state index in [0.29, 0.717) is 19.5 Å². The first-order valence-electron chi connectivity index (χ1n) is 10.3. The number of hydrogen-bond donors (Lipinski definition) is 1. The smallest absolute Gasteiger partial charge is 0.244 e. The van der Waals surface area contributed by atoms with Gasteiger partial charge in [-0.1, -0.05) is 18.2 Å². The van der Waals surface area contributed by atoms with Crippen LogP contribution >= 0.6 is 0 Å². The van der Waals surface area contributed by atoms with Gasteiger partial charge in [0.2, 0.25) is 11.8 Å². The van der Waals surface area contributed by atoms with Crippen LogP contribution in [0.4, 0.5) is 0 Å². The molecule has 7 heteroatoms. The molecule has 1 N–H and O–H groups in total. The number of para-hydroxylation sites is 1. The Hall–Kier alpha value is -3.09. The molecule has 0 aliphatic carbocycles. The number of aromatic nitrogens is 2. The van der Waals surface area contributed by atoms with Crippen molar-refractivity contribution in [1.82, 2.24) is 20.0 Å². The van der Waals surface area contributed by atoms with Gasteiger partial charge in [0.25, 0.3) is 0 Å². The minimum atomic E-state index is -0.114. The first-order chi connectivity index (χ1) is 14.4. The Morgan fingerprint density at radius 2 is 1.93 bits per heavy atom. The fourth-order valence-corrected chi connectivity index (χ4v) is 3.84. The Morgan fingerprint density at radius 3 is 2.57 bits per heavy atom. The van der Waals surface area contributed by atoms with Crippen molar-refractivity contribution >= 4 is 17.9 Å². The van der Waals surface area contributed by atoms with E-state index in [1.54, 1.807) is 13.2 Å². The molecular weight excluding hydrogens is 380 g/mol. The van der Waals surface area contributed by atoms with Gasteiger partial charge in [0, 0.05) is 49.1 Å². The van der Waals surface area contributed by atoms with Gasteiger partial charge in [-0.05, 0) is 38.8 Å². The van der Waals surface area contributed by atoms with Crippen LogP contribution in [0.15, 0.2) is 30.3 Å². The van der Waals surface area contributed by atoms with Crippen molar-refractivity contribution < 1.29 is 14.3 Å². The fourth-order valence-electron chi connectivity index (χ4n) is 3.84. The van der Waals surface area contributed by atoms with Crippen LogP contribution in [0.3, 0.4) is 0 Å². The molecule has 1 saturated heterocycles. The third-order valence-corrected chi connectivity index (χ3v) is 5.69. The van der Waals surface area contributed by atoms with E-state index in [1.807, 2.05) is 60.8 Å². The number of rotatable bonds is 6. The lowest BCUT2D eigenvalue weighted by atomic mass is 10.0. The summed E-state index contributed by atoms with van der Waals surface area (Å²) in [6, 6.07) is 7.67. The summed E-state index contributed by atoms with van der Waals surface area (Å²) in [5.74, 6) is 0.710. The number of hydrogen-bond acceptors (Lipinski definition) is 4. The number of ether oxygens (including phenoxy) is 1. The number of nitrogens with one attached hydrogen (secondary N) is 1. The number of likely N-dealkylation sites (tertiary alicyclic amines) is 1. The monoisotopic (exact) mass is 410 g/mol. The number of piperidine rings is 1. The van der Waals surface area contributed by atoms with Crippen LogP contribution in [0.2, 0.25) is 0 Å². The number of aryl methyl sites for hydroxylation is 2. The van der Waals surface area contributed by atoms with Crippen molar-refractivity contribution in [2.24, 2.45) is 7.05 Å². The largest absolute Gasteiger partial charge is 0.496 e. The van der Waals surface area contributed by atoms with Crippen molar-refractivity contribution in [3.8, 4) is 5.75 Å². The van der Waals surface area contributed by atoms with Crippen LogP contribution in [-0.4, -0.2) is 52.7 Å². The number of carbonyl (C=O) groups is 2. The summed E-state index contributed by atoms with van der Waals surface area (Å²) < 4.78 is 7.15. The van der Waals surface area contributed by atoms with Crippen molar-refractivity contribution in [2.45, 2.75) is 39.2 Å². The van der Waals surface area contributed by atoms with E-state index in [2.05, 4.69) is 10.4 Å². The second-order valence-corrected chi connectivity index (χ2v) is 7.69. The highest BCUT2D eigenvalue weighted by atomic mass is 16.5. The summed E-state index contributed by atoms with van der Waals surface area (Å²) >= 11 is 0. The summed E-state index contributed by atoms with van der Waals surface area (Å²) in [6.45, 7) is 5.20. The third kappa shape index (κ3) is 5.09. The zero-order valence-corrected chi connectivity index (χ0v) is 18.1. The molecule has 0 saturated carbocycles. The number of nitrogens with zero attached hydrogens (tertiary/aromatic N) is 3. The topological polar surface area (TPSA) is 76.5 Å². The van der Waals surface area contributed by atoms with Crippen LogP contribution in [0.5, 0.6) is 5.75 Å². The summed E-state index contributed by atoms with van der Waals surface area (Å²) in [5.41, 5.74) is 3.80. The molecule has 1 aromatic heterocycles. The van der Waals surface area contributed by atoms with Crippen LogP contribution in [0.1, 0.15) is 35.4 Å². The van der Waals surface area contributed by atoms with E-state index in [0.717, 1.165) is 41.1 Å². The second-order valence-electron chi connectivity index (χ2n) is 7.69. The van der Waals surface area contributed by atoms with Gasteiger partial charge in [-0.2, -0.15) is 5.10 Å². The lowest BCUT2D eigenvalue weighted by Crippen LogP contribution is -2.46. The summed E-state index contributed by atoms with van der Waals surface area (Å²) in [5, 5.41) is 7.41. The van der Waals surface area contributed by atoms with Gasteiger partial charge < -0.3 is 15.0 Å². The molecule has 1 fully saturated rings. The number of amides is 2. The maximum absolute atomic E-state index is 12.7. The Labute approximate surface area is 177 Å². The van der Waals surface area contributed by atoms with Gasteiger partial charge in [0.1, 0.15) is 5.75 Å². The zero-order chi connectivity index (χ0) is 21.7. The maximum Gasteiger partial charge on any atom is 0.244 e. The van der Waals surface area contributed by atoms with E-state index in [-0.39, 0.29) is 17.9 Å². The molecule has 2 aromatic rings. The van der Waals surface area contributed by atoms with Gasteiger partial charge in [0.15, 0.2) is 0 Å². The molecule has 2 heterocycles. The van der Waals surface area contributed by atoms with Gasteiger partial charge in [-0.15, -0.1) is 0 Å². The van der Waals surface area contributed by atoms with Crippen LogP contribution in [0, 0.1) is 13.8 Å². The highest BCUT2D eigenvalue weighted by Gasteiger charge is 2.24. The van der Waals surface area contributed by atoms with Gasteiger partial charge >= 0.3 is 0 Å². The maximum atomic E-state index is 12.7. The molecule has 0 bridgehead atoms. The highest BCUT2D eigenvalue weighted by Crippen LogP contribution is 2.20. The molecule has 1 aromatic carbocycles.